The summed E-state index contributed by atoms with van der Waals surface area (Å²) in [5.74, 6) is 0.0480. The lowest BCUT2D eigenvalue weighted by molar-refractivity contribution is -0.116. The summed E-state index contributed by atoms with van der Waals surface area (Å²) < 4.78 is 0. The van der Waals surface area contributed by atoms with Crippen molar-refractivity contribution in [1.29, 1.82) is 0 Å². The molecule has 1 amide bonds. The van der Waals surface area contributed by atoms with Gasteiger partial charge in [-0.3, -0.25) is 4.79 Å². The van der Waals surface area contributed by atoms with Crippen LogP contribution in [0.2, 0.25) is 0 Å². The van der Waals surface area contributed by atoms with Crippen LogP contribution in [0.4, 0.5) is 5.69 Å². The zero-order chi connectivity index (χ0) is 17.1. The Labute approximate surface area is 150 Å². The summed E-state index contributed by atoms with van der Waals surface area (Å²) in [6.07, 6.45) is 1.18. The van der Waals surface area contributed by atoms with Gasteiger partial charge in [0.05, 0.1) is 15.6 Å². The van der Waals surface area contributed by atoms with Crippen LogP contribution < -0.4 is 5.32 Å². The van der Waals surface area contributed by atoms with Gasteiger partial charge < -0.3 is 5.32 Å². The summed E-state index contributed by atoms with van der Waals surface area (Å²) in [5.41, 5.74) is 4.17. The molecule has 0 aliphatic rings. The maximum Gasteiger partial charge on any atom is 0.224 e. The van der Waals surface area contributed by atoms with E-state index in [1.165, 1.54) is 9.75 Å². The van der Waals surface area contributed by atoms with Gasteiger partial charge in [0, 0.05) is 17.0 Å². The average molecular weight is 357 g/mol. The molecule has 1 N–H and O–H groups in total. The summed E-state index contributed by atoms with van der Waals surface area (Å²) >= 11 is 3.37. The van der Waals surface area contributed by atoms with Gasteiger partial charge in [0.2, 0.25) is 5.91 Å². The second kappa shape index (κ2) is 7.28. The number of nitrogens with zero attached hydrogens (tertiary/aromatic N) is 1. The van der Waals surface area contributed by atoms with Gasteiger partial charge >= 0.3 is 0 Å². The average Bonchev–Trinajstić information content (AvgIpc) is 3.18. The number of hydrogen-bond donors (Lipinski definition) is 1. The van der Waals surface area contributed by atoms with Gasteiger partial charge in [-0.15, -0.1) is 22.7 Å². The van der Waals surface area contributed by atoms with E-state index in [9.17, 15) is 4.79 Å². The Hall–Kier alpha value is -1.98. The van der Waals surface area contributed by atoms with Crippen molar-refractivity contribution in [3.63, 3.8) is 0 Å². The SMILES string of the molecule is Cc1ccc(C)c(NC(=O)CCc2sc(C)nc2-c2cccs2)c1. The number of aromatic nitrogens is 1. The van der Waals surface area contributed by atoms with E-state index in [2.05, 4.69) is 27.8 Å². The highest BCUT2D eigenvalue weighted by molar-refractivity contribution is 7.15. The number of amides is 1. The predicted octanol–water partition coefficient (Wildman–Crippen LogP) is 5.37. The second-order valence-corrected chi connectivity index (χ2v) is 8.08. The minimum absolute atomic E-state index is 0.0480. The number of anilines is 1. The molecule has 0 radical (unpaired) electrons. The highest BCUT2D eigenvalue weighted by Crippen LogP contribution is 2.32. The topological polar surface area (TPSA) is 42.0 Å². The predicted molar refractivity (Wildman–Crippen MR) is 103 cm³/mol. The highest BCUT2D eigenvalue weighted by Gasteiger charge is 2.14. The fourth-order valence-electron chi connectivity index (χ4n) is 2.55. The monoisotopic (exact) mass is 356 g/mol. The number of rotatable bonds is 5. The summed E-state index contributed by atoms with van der Waals surface area (Å²) in [6.45, 7) is 6.06. The van der Waals surface area contributed by atoms with E-state index in [1.807, 2.05) is 39.0 Å². The lowest BCUT2D eigenvalue weighted by atomic mass is 10.1. The van der Waals surface area contributed by atoms with E-state index < -0.39 is 0 Å². The van der Waals surface area contributed by atoms with Crippen LogP contribution in [0.25, 0.3) is 10.6 Å². The summed E-state index contributed by atoms with van der Waals surface area (Å²) in [7, 11) is 0. The summed E-state index contributed by atoms with van der Waals surface area (Å²) in [6, 6.07) is 10.2. The lowest BCUT2D eigenvalue weighted by Crippen LogP contribution is -2.13. The molecule has 0 saturated carbocycles. The van der Waals surface area contributed by atoms with E-state index in [-0.39, 0.29) is 5.91 Å². The molecule has 0 unspecified atom stereocenters. The molecule has 3 aromatic rings. The van der Waals surface area contributed by atoms with E-state index in [0.717, 1.165) is 33.9 Å². The number of carbonyl (C=O) groups is 1. The molecular weight excluding hydrogens is 336 g/mol. The number of carbonyl (C=O) groups excluding carboxylic acids is 1. The minimum atomic E-state index is 0.0480. The third kappa shape index (κ3) is 3.91. The maximum atomic E-state index is 12.3. The van der Waals surface area contributed by atoms with Crippen molar-refractivity contribution in [2.24, 2.45) is 0 Å². The molecule has 0 fully saturated rings. The maximum absolute atomic E-state index is 12.3. The number of aryl methyl sites for hydroxylation is 4. The summed E-state index contributed by atoms with van der Waals surface area (Å²) in [4.78, 5) is 19.3. The van der Waals surface area contributed by atoms with Gasteiger partial charge in [-0.2, -0.15) is 0 Å². The number of thiophene rings is 1. The molecule has 0 aliphatic heterocycles. The zero-order valence-corrected chi connectivity index (χ0v) is 15.7. The molecule has 3 rings (SSSR count). The van der Waals surface area contributed by atoms with Crippen molar-refractivity contribution >= 4 is 34.3 Å². The molecule has 0 atom stereocenters. The van der Waals surface area contributed by atoms with Crippen molar-refractivity contribution in [2.75, 3.05) is 5.32 Å². The Morgan fingerprint density at radius 3 is 2.79 bits per heavy atom. The molecule has 5 heteroatoms. The second-order valence-electron chi connectivity index (χ2n) is 5.85. The molecule has 0 spiro atoms. The molecule has 2 heterocycles. The first-order chi connectivity index (χ1) is 11.5. The van der Waals surface area contributed by atoms with E-state index in [0.29, 0.717) is 6.42 Å². The largest absolute Gasteiger partial charge is 0.326 e. The Morgan fingerprint density at radius 1 is 1.21 bits per heavy atom. The Kier molecular flexibility index (Phi) is 5.11. The Morgan fingerprint density at radius 2 is 2.04 bits per heavy atom. The molecular formula is C19H20N2OS2. The zero-order valence-electron chi connectivity index (χ0n) is 14.1. The van der Waals surface area contributed by atoms with Crippen molar-refractivity contribution in [2.45, 2.75) is 33.6 Å². The third-order valence-electron chi connectivity index (χ3n) is 3.81. The van der Waals surface area contributed by atoms with Crippen LogP contribution in [0.5, 0.6) is 0 Å². The van der Waals surface area contributed by atoms with Crippen molar-refractivity contribution < 1.29 is 4.79 Å². The van der Waals surface area contributed by atoms with Gasteiger partial charge in [0.1, 0.15) is 0 Å². The van der Waals surface area contributed by atoms with Crippen LogP contribution in [-0.2, 0) is 11.2 Å². The first-order valence-electron chi connectivity index (χ1n) is 7.90. The molecule has 0 aliphatic carbocycles. The molecule has 1 aromatic carbocycles. The van der Waals surface area contributed by atoms with E-state index in [4.69, 9.17) is 0 Å². The van der Waals surface area contributed by atoms with Crippen molar-refractivity contribution in [3.05, 3.63) is 56.7 Å². The first kappa shape index (κ1) is 16.9. The van der Waals surface area contributed by atoms with Crippen LogP contribution >= 0.6 is 22.7 Å². The molecule has 2 aromatic heterocycles. The fourth-order valence-corrected chi connectivity index (χ4v) is 4.31. The molecule has 3 nitrogen and oxygen atoms in total. The number of benzene rings is 1. The van der Waals surface area contributed by atoms with Crippen LogP contribution in [0.3, 0.4) is 0 Å². The quantitative estimate of drug-likeness (QED) is 0.668. The minimum Gasteiger partial charge on any atom is -0.326 e. The lowest BCUT2D eigenvalue weighted by Gasteiger charge is -2.09. The molecule has 0 bridgehead atoms. The Balaban J connectivity index is 1.68. The number of hydrogen-bond acceptors (Lipinski definition) is 4. The normalized spacial score (nSPS) is 10.8. The van der Waals surface area contributed by atoms with Gasteiger partial charge in [-0.25, -0.2) is 4.98 Å². The molecule has 0 saturated heterocycles. The third-order valence-corrected chi connectivity index (χ3v) is 5.71. The fraction of sp³-hybridized carbons (Fsp3) is 0.263. The van der Waals surface area contributed by atoms with Crippen molar-refractivity contribution in [1.82, 2.24) is 4.98 Å². The van der Waals surface area contributed by atoms with Crippen LogP contribution in [0, 0.1) is 20.8 Å². The standard InChI is InChI=1S/C19H20N2OS2/c1-12-6-7-13(2)15(11-12)21-18(22)9-8-17-19(20-14(3)24-17)16-5-4-10-23-16/h4-7,10-11H,8-9H2,1-3H3,(H,21,22). The smallest absolute Gasteiger partial charge is 0.224 e. The van der Waals surface area contributed by atoms with Crippen LogP contribution in [0.15, 0.2) is 35.7 Å². The van der Waals surface area contributed by atoms with Gasteiger partial charge in [0.25, 0.3) is 0 Å². The van der Waals surface area contributed by atoms with Crippen LogP contribution in [0.1, 0.15) is 27.4 Å². The van der Waals surface area contributed by atoms with Gasteiger partial charge in [-0.1, -0.05) is 18.2 Å². The van der Waals surface area contributed by atoms with E-state index >= 15 is 0 Å². The highest BCUT2D eigenvalue weighted by atomic mass is 32.1. The van der Waals surface area contributed by atoms with Crippen molar-refractivity contribution in [3.8, 4) is 10.6 Å². The number of thiazole rings is 1. The van der Waals surface area contributed by atoms with Gasteiger partial charge in [0.15, 0.2) is 0 Å². The summed E-state index contributed by atoms with van der Waals surface area (Å²) in [5, 5.41) is 6.13. The molecule has 124 valence electrons. The molecule has 24 heavy (non-hydrogen) atoms. The Bertz CT molecular complexity index is 850. The van der Waals surface area contributed by atoms with Crippen LogP contribution in [-0.4, -0.2) is 10.9 Å². The van der Waals surface area contributed by atoms with Gasteiger partial charge in [-0.05, 0) is 55.8 Å². The van der Waals surface area contributed by atoms with E-state index in [1.54, 1.807) is 22.7 Å². The first-order valence-corrected chi connectivity index (χ1v) is 9.60. The number of nitrogens with one attached hydrogen (secondary N) is 1.